The zero-order chi connectivity index (χ0) is 12.5. The van der Waals surface area contributed by atoms with Crippen LogP contribution in [0.1, 0.15) is 18.4 Å². The van der Waals surface area contributed by atoms with E-state index in [2.05, 4.69) is 9.80 Å². The van der Waals surface area contributed by atoms with Gasteiger partial charge >= 0.3 is 0 Å². The second kappa shape index (κ2) is 4.58. The van der Waals surface area contributed by atoms with Gasteiger partial charge in [-0.25, -0.2) is 4.39 Å². The third-order valence-electron chi connectivity index (χ3n) is 3.82. The van der Waals surface area contributed by atoms with Gasteiger partial charge in [0.1, 0.15) is 11.9 Å². The Balaban J connectivity index is 1.68. The van der Waals surface area contributed by atoms with Gasteiger partial charge in [-0.1, -0.05) is 0 Å². The molecule has 2 fully saturated rings. The molecular formula is C14H16FN3. The van der Waals surface area contributed by atoms with Crippen LogP contribution in [0.2, 0.25) is 0 Å². The third-order valence-corrected chi connectivity index (χ3v) is 3.82. The van der Waals surface area contributed by atoms with Crippen LogP contribution in [-0.4, -0.2) is 37.1 Å². The monoisotopic (exact) mass is 245 g/mol. The molecule has 18 heavy (non-hydrogen) atoms. The van der Waals surface area contributed by atoms with E-state index in [1.54, 1.807) is 6.07 Å². The van der Waals surface area contributed by atoms with Gasteiger partial charge in [0.05, 0.1) is 5.56 Å². The largest absolute Gasteiger partial charge is 0.369 e. The van der Waals surface area contributed by atoms with Gasteiger partial charge in [0.15, 0.2) is 0 Å². The Bertz CT molecular complexity index is 482. The fourth-order valence-corrected chi connectivity index (χ4v) is 2.58. The van der Waals surface area contributed by atoms with E-state index in [4.69, 9.17) is 5.26 Å². The number of rotatable bonds is 2. The van der Waals surface area contributed by atoms with Crippen LogP contribution in [0.5, 0.6) is 0 Å². The fourth-order valence-electron chi connectivity index (χ4n) is 2.58. The van der Waals surface area contributed by atoms with Gasteiger partial charge in [-0.3, -0.25) is 4.90 Å². The van der Waals surface area contributed by atoms with Gasteiger partial charge in [0.2, 0.25) is 0 Å². The molecule has 1 aromatic carbocycles. The van der Waals surface area contributed by atoms with Crippen molar-refractivity contribution < 1.29 is 4.39 Å². The van der Waals surface area contributed by atoms with Crippen molar-refractivity contribution in [2.45, 2.75) is 18.9 Å². The van der Waals surface area contributed by atoms with Gasteiger partial charge in [-0.2, -0.15) is 5.26 Å². The second-order valence-electron chi connectivity index (χ2n) is 5.03. The fraction of sp³-hybridized carbons (Fsp3) is 0.500. The first kappa shape index (κ1) is 11.5. The first-order valence-corrected chi connectivity index (χ1v) is 6.46. The summed E-state index contributed by atoms with van der Waals surface area (Å²) in [5.74, 6) is -0.417. The van der Waals surface area contributed by atoms with E-state index in [1.807, 2.05) is 12.1 Å². The summed E-state index contributed by atoms with van der Waals surface area (Å²) in [7, 11) is 0. The molecule has 1 aliphatic heterocycles. The van der Waals surface area contributed by atoms with Crippen molar-refractivity contribution in [3.05, 3.63) is 29.6 Å². The normalized spacial score (nSPS) is 20.8. The standard InChI is InChI=1S/C14H16FN3/c15-14-9-13(2-1-11(14)10-16)18-7-5-17(6-8-18)12-3-4-12/h1-2,9,12H,3-8H2. The summed E-state index contributed by atoms with van der Waals surface area (Å²) in [6.07, 6.45) is 2.68. The number of hydrogen-bond acceptors (Lipinski definition) is 3. The SMILES string of the molecule is N#Cc1ccc(N2CCN(C3CC3)CC2)cc1F. The number of halogens is 1. The average Bonchev–Trinajstić information content (AvgIpc) is 3.23. The Kier molecular flexibility index (Phi) is 2.92. The number of benzene rings is 1. The Hall–Kier alpha value is -1.60. The first-order valence-electron chi connectivity index (χ1n) is 6.46. The van der Waals surface area contributed by atoms with Crippen molar-refractivity contribution in [1.82, 2.24) is 4.90 Å². The van der Waals surface area contributed by atoms with Crippen molar-refractivity contribution in [2.75, 3.05) is 31.1 Å². The van der Waals surface area contributed by atoms with Crippen LogP contribution in [0.4, 0.5) is 10.1 Å². The van der Waals surface area contributed by atoms with E-state index in [0.717, 1.165) is 37.9 Å². The lowest BCUT2D eigenvalue weighted by Crippen LogP contribution is -2.47. The molecule has 0 atom stereocenters. The van der Waals surface area contributed by atoms with Gasteiger partial charge in [-0.05, 0) is 31.0 Å². The van der Waals surface area contributed by atoms with E-state index in [1.165, 1.54) is 18.9 Å². The van der Waals surface area contributed by atoms with Gasteiger partial charge in [0, 0.05) is 37.9 Å². The zero-order valence-electron chi connectivity index (χ0n) is 10.3. The predicted octanol–water partition coefficient (Wildman–Crippen LogP) is 1.98. The first-order chi connectivity index (χ1) is 8.78. The van der Waals surface area contributed by atoms with E-state index in [9.17, 15) is 4.39 Å². The summed E-state index contributed by atoms with van der Waals surface area (Å²) >= 11 is 0. The molecule has 1 aliphatic carbocycles. The number of piperazine rings is 1. The smallest absolute Gasteiger partial charge is 0.143 e. The summed E-state index contributed by atoms with van der Waals surface area (Å²) < 4.78 is 13.6. The Labute approximate surface area is 106 Å². The predicted molar refractivity (Wildman–Crippen MR) is 67.9 cm³/mol. The summed E-state index contributed by atoms with van der Waals surface area (Å²) in [6, 6.07) is 7.55. The number of hydrogen-bond donors (Lipinski definition) is 0. The van der Waals surface area contributed by atoms with E-state index >= 15 is 0 Å². The molecular weight excluding hydrogens is 229 g/mol. The van der Waals surface area contributed by atoms with Crippen LogP contribution in [0, 0.1) is 17.1 Å². The van der Waals surface area contributed by atoms with Crippen molar-refractivity contribution >= 4 is 5.69 Å². The molecule has 0 radical (unpaired) electrons. The van der Waals surface area contributed by atoms with Crippen LogP contribution >= 0.6 is 0 Å². The van der Waals surface area contributed by atoms with Crippen molar-refractivity contribution in [3.63, 3.8) is 0 Å². The number of nitrogens with zero attached hydrogens (tertiary/aromatic N) is 3. The van der Waals surface area contributed by atoms with E-state index in [0.29, 0.717) is 0 Å². The highest BCUT2D eigenvalue weighted by atomic mass is 19.1. The molecule has 3 nitrogen and oxygen atoms in total. The van der Waals surface area contributed by atoms with Gasteiger partial charge in [0.25, 0.3) is 0 Å². The van der Waals surface area contributed by atoms with E-state index < -0.39 is 5.82 Å². The second-order valence-corrected chi connectivity index (χ2v) is 5.03. The summed E-state index contributed by atoms with van der Waals surface area (Å²) in [6.45, 7) is 4.02. The van der Waals surface area contributed by atoms with Crippen molar-refractivity contribution in [2.24, 2.45) is 0 Å². The molecule has 0 unspecified atom stereocenters. The highest BCUT2D eigenvalue weighted by molar-refractivity contribution is 5.50. The molecule has 1 saturated carbocycles. The molecule has 3 rings (SSSR count). The average molecular weight is 245 g/mol. The van der Waals surface area contributed by atoms with Crippen LogP contribution in [-0.2, 0) is 0 Å². The lowest BCUT2D eigenvalue weighted by molar-refractivity contribution is 0.248. The Morgan fingerprint density at radius 1 is 1.17 bits per heavy atom. The Morgan fingerprint density at radius 3 is 2.44 bits per heavy atom. The van der Waals surface area contributed by atoms with Crippen LogP contribution < -0.4 is 4.90 Å². The maximum Gasteiger partial charge on any atom is 0.143 e. The van der Waals surface area contributed by atoms with Crippen molar-refractivity contribution in [1.29, 1.82) is 5.26 Å². The molecule has 0 aromatic heterocycles. The lowest BCUT2D eigenvalue weighted by atomic mass is 10.2. The number of anilines is 1. The molecule has 94 valence electrons. The molecule has 4 heteroatoms. The molecule has 1 heterocycles. The third kappa shape index (κ3) is 2.19. The summed E-state index contributed by atoms with van der Waals surface area (Å²) in [5.41, 5.74) is 1.01. The summed E-state index contributed by atoms with van der Waals surface area (Å²) in [5, 5.41) is 8.71. The molecule has 0 bridgehead atoms. The van der Waals surface area contributed by atoms with E-state index in [-0.39, 0.29) is 5.56 Å². The maximum absolute atomic E-state index is 13.6. The molecule has 0 amide bonds. The Morgan fingerprint density at radius 2 is 1.89 bits per heavy atom. The molecule has 1 saturated heterocycles. The number of nitriles is 1. The lowest BCUT2D eigenvalue weighted by Gasteiger charge is -2.36. The highest BCUT2D eigenvalue weighted by Crippen LogP contribution is 2.28. The van der Waals surface area contributed by atoms with Crippen LogP contribution in [0.25, 0.3) is 0 Å². The maximum atomic E-state index is 13.6. The van der Waals surface area contributed by atoms with Crippen LogP contribution in [0.15, 0.2) is 18.2 Å². The van der Waals surface area contributed by atoms with Gasteiger partial charge < -0.3 is 4.90 Å². The van der Waals surface area contributed by atoms with Gasteiger partial charge in [-0.15, -0.1) is 0 Å². The molecule has 0 N–H and O–H groups in total. The molecule has 2 aliphatic rings. The summed E-state index contributed by atoms with van der Waals surface area (Å²) in [4.78, 5) is 4.72. The minimum Gasteiger partial charge on any atom is -0.369 e. The minimum atomic E-state index is -0.417. The quantitative estimate of drug-likeness (QED) is 0.798. The highest BCUT2D eigenvalue weighted by Gasteiger charge is 2.31. The zero-order valence-corrected chi connectivity index (χ0v) is 10.3. The molecule has 0 spiro atoms. The minimum absolute atomic E-state index is 0.121. The topological polar surface area (TPSA) is 30.3 Å². The molecule has 1 aromatic rings. The van der Waals surface area contributed by atoms with Crippen LogP contribution in [0.3, 0.4) is 0 Å². The van der Waals surface area contributed by atoms with Crippen molar-refractivity contribution in [3.8, 4) is 6.07 Å².